The SMILES string of the molecule is COC(=O)C1=C(C(=O)OC)N(c2c([N+](=O)[O-])cc(Br)cc2C(F)(F)F)C=CC=C1. The highest BCUT2D eigenvalue weighted by Gasteiger charge is 2.42. The van der Waals surface area contributed by atoms with Crippen molar-refractivity contribution in [2.45, 2.75) is 6.18 Å². The first-order chi connectivity index (χ1) is 13.5. The number of carbonyl (C=O) groups excluding carboxylic acids is 2. The fraction of sp³-hybridized carbons (Fsp3) is 0.176. The van der Waals surface area contributed by atoms with Gasteiger partial charge >= 0.3 is 18.1 Å². The summed E-state index contributed by atoms with van der Waals surface area (Å²) in [7, 11) is 1.95. The van der Waals surface area contributed by atoms with Gasteiger partial charge in [-0.05, 0) is 18.2 Å². The number of ether oxygens (including phenoxy) is 2. The van der Waals surface area contributed by atoms with E-state index in [1.807, 2.05) is 0 Å². The summed E-state index contributed by atoms with van der Waals surface area (Å²) in [6, 6.07) is 1.48. The molecule has 0 aliphatic carbocycles. The average Bonchev–Trinajstić information content (AvgIpc) is 2.88. The molecule has 2 rings (SSSR count). The number of alkyl halides is 3. The molecule has 0 saturated carbocycles. The molecule has 8 nitrogen and oxygen atoms in total. The van der Waals surface area contributed by atoms with Crippen LogP contribution in [0.15, 0.2) is 52.3 Å². The van der Waals surface area contributed by atoms with E-state index in [1.165, 1.54) is 12.2 Å². The quantitative estimate of drug-likeness (QED) is 0.369. The zero-order chi connectivity index (χ0) is 21.9. The maximum Gasteiger partial charge on any atom is 0.418 e. The van der Waals surface area contributed by atoms with Gasteiger partial charge in [-0.1, -0.05) is 22.0 Å². The number of hydrogen-bond acceptors (Lipinski definition) is 7. The van der Waals surface area contributed by atoms with E-state index < -0.39 is 51.2 Å². The first-order valence-corrected chi connectivity index (χ1v) is 8.42. The molecule has 0 fully saturated rings. The topological polar surface area (TPSA) is 99.0 Å². The molecule has 0 unspecified atom stereocenters. The first kappa shape index (κ1) is 22.1. The Hall–Kier alpha value is -3.15. The van der Waals surface area contributed by atoms with Crippen LogP contribution in [0.5, 0.6) is 0 Å². The molecule has 29 heavy (non-hydrogen) atoms. The van der Waals surface area contributed by atoms with Crippen molar-refractivity contribution in [2.24, 2.45) is 0 Å². The molecule has 0 spiro atoms. The number of methoxy groups -OCH3 is 2. The summed E-state index contributed by atoms with van der Waals surface area (Å²) in [5.41, 5.74) is -4.46. The second kappa shape index (κ2) is 8.47. The largest absolute Gasteiger partial charge is 0.465 e. The number of allylic oxidation sites excluding steroid dienone is 2. The number of benzene rings is 1. The molecule has 154 valence electrons. The number of nitrogens with zero attached hydrogens (tertiary/aromatic N) is 2. The van der Waals surface area contributed by atoms with Gasteiger partial charge in [0, 0.05) is 16.7 Å². The van der Waals surface area contributed by atoms with Crippen LogP contribution < -0.4 is 4.90 Å². The van der Waals surface area contributed by atoms with Crippen LogP contribution in [0.2, 0.25) is 0 Å². The number of hydrogen-bond donors (Lipinski definition) is 0. The third-order valence-electron chi connectivity index (χ3n) is 3.69. The smallest absolute Gasteiger partial charge is 0.418 e. The van der Waals surface area contributed by atoms with Crippen LogP contribution in [0.1, 0.15) is 5.56 Å². The van der Waals surface area contributed by atoms with Gasteiger partial charge in [0.1, 0.15) is 11.4 Å². The number of anilines is 1. The summed E-state index contributed by atoms with van der Waals surface area (Å²) in [6.07, 6.45) is -0.473. The van der Waals surface area contributed by atoms with E-state index in [0.29, 0.717) is 11.0 Å². The molecule has 1 aliphatic heterocycles. The van der Waals surface area contributed by atoms with Crippen molar-refractivity contribution in [1.29, 1.82) is 0 Å². The van der Waals surface area contributed by atoms with E-state index in [4.69, 9.17) is 0 Å². The van der Waals surface area contributed by atoms with Gasteiger partial charge in [0.05, 0.1) is 30.3 Å². The molecule has 1 aliphatic rings. The molecule has 0 atom stereocenters. The third kappa shape index (κ3) is 4.47. The van der Waals surface area contributed by atoms with Crippen molar-refractivity contribution in [1.82, 2.24) is 0 Å². The number of esters is 2. The number of carbonyl (C=O) groups is 2. The van der Waals surface area contributed by atoms with Crippen LogP contribution in [-0.4, -0.2) is 31.1 Å². The lowest BCUT2D eigenvalue weighted by atomic mass is 10.1. The van der Waals surface area contributed by atoms with Crippen molar-refractivity contribution >= 4 is 39.2 Å². The summed E-state index contributed by atoms with van der Waals surface area (Å²) < 4.78 is 50.2. The van der Waals surface area contributed by atoms with Gasteiger partial charge in [-0.2, -0.15) is 13.2 Å². The number of nitro benzene ring substituents is 1. The van der Waals surface area contributed by atoms with Gasteiger partial charge in [0.2, 0.25) is 0 Å². The van der Waals surface area contributed by atoms with Gasteiger partial charge in [-0.15, -0.1) is 0 Å². The summed E-state index contributed by atoms with van der Waals surface area (Å²) in [5.74, 6) is -2.25. The third-order valence-corrected chi connectivity index (χ3v) is 4.14. The first-order valence-electron chi connectivity index (χ1n) is 7.63. The van der Waals surface area contributed by atoms with Crippen LogP contribution in [0.3, 0.4) is 0 Å². The van der Waals surface area contributed by atoms with Crippen LogP contribution >= 0.6 is 15.9 Å². The summed E-state index contributed by atoms with van der Waals surface area (Å²) >= 11 is 2.82. The van der Waals surface area contributed by atoms with Crippen molar-refractivity contribution in [3.05, 3.63) is 68.0 Å². The zero-order valence-electron chi connectivity index (χ0n) is 14.8. The Morgan fingerprint density at radius 1 is 1.14 bits per heavy atom. The second-order valence-corrected chi connectivity index (χ2v) is 6.31. The van der Waals surface area contributed by atoms with Gasteiger partial charge in [0.15, 0.2) is 0 Å². The van der Waals surface area contributed by atoms with Gasteiger partial charge in [-0.25, -0.2) is 9.59 Å². The predicted octanol–water partition coefficient (Wildman–Crippen LogP) is 3.87. The lowest BCUT2D eigenvalue weighted by Gasteiger charge is -2.26. The molecule has 0 bridgehead atoms. The standard InChI is InChI=1S/C17H12BrF3N2O6/c1-28-15(24)10-5-3-4-6-22(13(10)16(25)29-2)14-11(17(19,20)21)7-9(18)8-12(14)23(26)27/h3-8H,1-2H3. The molecule has 0 N–H and O–H groups in total. The fourth-order valence-electron chi connectivity index (χ4n) is 2.53. The predicted molar refractivity (Wildman–Crippen MR) is 97.6 cm³/mol. The highest BCUT2D eigenvalue weighted by atomic mass is 79.9. The average molecular weight is 477 g/mol. The molecule has 0 aromatic heterocycles. The molecule has 0 amide bonds. The molecular formula is C17H12BrF3N2O6. The molecule has 1 heterocycles. The summed E-state index contributed by atoms with van der Waals surface area (Å²) in [6.45, 7) is 0. The normalized spacial score (nSPS) is 13.9. The summed E-state index contributed by atoms with van der Waals surface area (Å²) in [5, 5.41) is 11.5. The van der Waals surface area contributed by atoms with Crippen molar-refractivity contribution in [2.75, 3.05) is 19.1 Å². The monoisotopic (exact) mass is 476 g/mol. The Balaban J connectivity index is 2.98. The molecule has 0 radical (unpaired) electrons. The zero-order valence-corrected chi connectivity index (χ0v) is 16.4. The highest BCUT2D eigenvalue weighted by Crippen LogP contribution is 2.45. The maximum absolute atomic E-state index is 13.7. The Labute approximate surface area is 170 Å². The minimum absolute atomic E-state index is 0.200. The van der Waals surface area contributed by atoms with E-state index in [1.54, 1.807) is 0 Å². The van der Waals surface area contributed by atoms with Gasteiger partial charge < -0.3 is 14.4 Å². The van der Waals surface area contributed by atoms with Gasteiger partial charge in [-0.3, -0.25) is 10.1 Å². The van der Waals surface area contributed by atoms with Gasteiger partial charge in [0.25, 0.3) is 5.69 Å². The number of rotatable bonds is 4. The summed E-state index contributed by atoms with van der Waals surface area (Å²) in [4.78, 5) is 35.6. The molecule has 12 heteroatoms. The second-order valence-electron chi connectivity index (χ2n) is 5.39. The Morgan fingerprint density at radius 2 is 1.76 bits per heavy atom. The molecule has 1 aromatic rings. The lowest BCUT2D eigenvalue weighted by Crippen LogP contribution is -2.29. The van der Waals surface area contributed by atoms with E-state index in [0.717, 1.165) is 32.6 Å². The minimum Gasteiger partial charge on any atom is -0.465 e. The Kier molecular flexibility index (Phi) is 6.47. The lowest BCUT2D eigenvalue weighted by molar-refractivity contribution is -0.384. The van der Waals surface area contributed by atoms with Crippen LogP contribution in [-0.2, 0) is 25.2 Å². The highest BCUT2D eigenvalue weighted by molar-refractivity contribution is 9.10. The van der Waals surface area contributed by atoms with Crippen molar-refractivity contribution in [3.8, 4) is 0 Å². The van der Waals surface area contributed by atoms with E-state index in [2.05, 4.69) is 25.4 Å². The molecule has 1 aromatic carbocycles. The van der Waals surface area contributed by atoms with Crippen molar-refractivity contribution < 1.29 is 37.2 Å². The van der Waals surface area contributed by atoms with Crippen LogP contribution in [0, 0.1) is 10.1 Å². The molecular weight excluding hydrogens is 465 g/mol. The fourth-order valence-corrected chi connectivity index (χ4v) is 2.98. The van der Waals surface area contributed by atoms with E-state index in [9.17, 15) is 32.9 Å². The molecule has 0 saturated heterocycles. The Bertz CT molecular complexity index is 969. The van der Waals surface area contributed by atoms with E-state index >= 15 is 0 Å². The number of nitro groups is 1. The van der Waals surface area contributed by atoms with Crippen LogP contribution in [0.25, 0.3) is 0 Å². The minimum atomic E-state index is -5.02. The van der Waals surface area contributed by atoms with Crippen molar-refractivity contribution in [3.63, 3.8) is 0 Å². The van der Waals surface area contributed by atoms with Crippen LogP contribution in [0.4, 0.5) is 24.5 Å². The number of halogens is 4. The Morgan fingerprint density at radius 3 is 2.28 bits per heavy atom. The maximum atomic E-state index is 13.7. The van der Waals surface area contributed by atoms with E-state index in [-0.39, 0.29) is 4.47 Å².